The average molecular weight is 338 g/mol. The van der Waals surface area contributed by atoms with Crippen LogP contribution in [0.1, 0.15) is 0 Å². The van der Waals surface area contributed by atoms with Gasteiger partial charge in [-0.3, -0.25) is 10.1 Å². The van der Waals surface area contributed by atoms with E-state index in [-0.39, 0.29) is 32.0 Å². The van der Waals surface area contributed by atoms with Crippen LogP contribution in [0, 0.1) is 10.1 Å². The number of halogens is 4. The summed E-state index contributed by atoms with van der Waals surface area (Å²) in [7, 11) is 0. The summed E-state index contributed by atoms with van der Waals surface area (Å²) in [5.41, 5.74) is 0.00999. The lowest BCUT2D eigenvalue weighted by Gasteiger charge is -2.08. The van der Waals surface area contributed by atoms with Crippen molar-refractivity contribution in [3.8, 4) is 11.3 Å². The molecule has 1 aromatic heterocycles. The molecule has 98 valence electrons. The average Bonchev–Trinajstić information content (AvgIpc) is 2.29. The van der Waals surface area contributed by atoms with Gasteiger partial charge in [0.15, 0.2) is 5.69 Å². The fraction of sp³-hybridized carbons (Fsp3) is 0. The SMILES string of the molecule is O=[N+]([O-])c1cc(Cl)cnc1-c1c(Cl)cc(Cl)cc1Cl. The van der Waals surface area contributed by atoms with Crippen LogP contribution in [0.3, 0.4) is 0 Å². The Labute approximate surface area is 128 Å². The summed E-state index contributed by atoms with van der Waals surface area (Å²) >= 11 is 23.5. The van der Waals surface area contributed by atoms with Crippen molar-refractivity contribution >= 4 is 52.1 Å². The van der Waals surface area contributed by atoms with Crippen molar-refractivity contribution in [2.45, 2.75) is 0 Å². The number of hydrogen-bond donors (Lipinski definition) is 0. The third kappa shape index (κ3) is 2.92. The fourth-order valence-electron chi connectivity index (χ4n) is 1.53. The van der Waals surface area contributed by atoms with Crippen molar-refractivity contribution in [2.75, 3.05) is 0 Å². The minimum atomic E-state index is -0.602. The van der Waals surface area contributed by atoms with Crippen LogP contribution in [0.15, 0.2) is 24.4 Å². The lowest BCUT2D eigenvalue weighted by Crippen LogP contribution is -1.96. The Morgan fingerprint density at radius 3 is 2.11 bits per heavy atom. The Balaban J connectivity index is 2.76. The first kappa shape index (κ1) is 14.3. The van der Waals surface area contributed by atoms with E-state index in [1.54, 1.807) is 0 Å². The van der Waals surface area contributed by atoms with Gasteiger partial charge >= 0.3 is 0 Å². The molecule has 0 bridgehead atoms. The minimum absolute atomic E-state index is 0.0427. The summed E-state index contributed by atoms with van der Waals surface area (Å²) in [5.74, 6) is 0. The van der Waals surface area contributed by atoms with Crippen molar-refractivity contribution in [1.82, 2.24) is 4.98 Å². The minimum Gasteiger partial charge on any atom is -0.258 e. The lowest BCUT2D eigenvalue weighted by molar-refractivity contribution is -0.384. The molecule has 0 spiro atoms. The predicted molar refractivity (Wildman–Crippen MR) is 76.4 cm³/mol. The van der Waals surface area contributed by atoms with Crippen molar-refractivity contribution < 1.29 is 4.92 Å². The van der Waals surface area contributed by atoms with Crippen LogP contribution in [-0.2, 0) is 0 Å². The van der Waals surface area contributed by atoms with Crippen LogP contribution >= 0.6 is 46.4 Å². The molecule has 1 heterocycles. The lowest BCUT2D eigenvalue weighted by atomic mass is 10.1. The number of aromatic nitrogens is 1. The topological polar surface area (TPSA) is 56.0 Å². The zero-order valence-electron chi connectivity index (χ0n) is 9.03. The fourth-order valence-corrected chi connectivity index (χ4v) is 2.68. The van der Waals surface area contributed by atoms with E-state index < -0.39 is 4.92 Å². The van der Waals surface area contributed by atoms with E-state index in [2.05, 4.69) is 4.98 Å². The molecular formula is C11H4Cl4N2O2. The van der Waals surface area contributed by atoms with E-state index in [0.29, 0.717) is 5.02 Å². The first-order valence-corrected chi connectivity index (χ1v) is 6.36. The van der Waals surface area contributed by atoms with Crippen LogP contribution in [0.5, 0.6) is 0 Å². The van der Waals surface area contributed by atoms with E-state index in [1.807, 2.05) is 0 Å². The van der Waals surface area contributed by atoms with Gasteiger partial charge in [-0.1, -0.05) is 46.4 Å². The first-order chi connectivity index (χ1) is 8.90. The number of benzene rings is 1. The molecule has 0 atom stereocenters. The van der Waals surface area contributed by atoms with Crippen LogP contribution in [-0.4, -0.2) is 9.91 Å². The number of rotatable bonds is 2. The van der Waals surface area contributed by atoms with Gasteiger partial charge in [0.25, 0.3) is 5.69 Å². The van der Waals surface area contributed by atoms with Gasteiger partial charge in [0.2, 0.25) is 0 Å². The van der Waals surface area contributed by atoms with Gasteiger partial charge in [-0.25, -0.2) is 4.98 Å². The molecule has 0 saturated heterocycles. The number of pyridine rings is 1. The Hall–Kier alpha value is -1.07. The molecule has 0 amide bonds. The molecule has 8 heteroatoms. The summed E-state index contributed by atoms with van der Waals surface area (Å²) in [6.07, 6.45) is 1.28. The molecule has 0 aliphatic rings. The molecule has 1 aromatic carbocycles. The molecule has 19 heavy (non-hydrogen) atoms. The van der Waals surface area contributed by atoms with Crippen molar-refractivity contribution in [3.63, 3.8) is 0 Å². The van der Waals surface area contributed by atoms with Gasteiger partial charge in [0.05, 0.1) is 20.0 Å². The summed E-state index contributed by atoms with van der Waals surface area (Å²) in [6.45, 7) is 0. The molecule has 0 radical (unpaired) electrons. The zero-order chi connectivity index (χ0) is 14.2. The Morgan fingerprint density at radius 2 is 1.58 bits per heavy atom. The highest BCUT2D eigenvalue weighted by Gasteiger charge is 2.22. The molecule has 0 fully saturated rings. The smallest absolute Gasteiger partial charge is 0.258 e. The highest BCUT2D eigenvalue weighted by atomic mass is 35.5. The van der Waals surface area contributed by atoms with Crippen LogP contribution in [0.25, 0.3) is 11.3 Å². The predicted octanol–water partition coefficient (Wildman–Crippen LogP) is 5.27. The van der Waals surface area contributed by atoms with Crippen LogP contribution < -0.4 is 0 Å². The molecule has 2 aromatic rings. The maximum Gasteiger partial charge on any atom is 0.297 e. The Kier molecular flexibility index (Phi) is 4.16. The van der Waals surface area contributed by atoms with Gasteiger partial charge in [0.1, 0.15) is 0 Å². The maximum atomic E-state index is 11.0. The molecule has 0 N–H and O–H groups in total. The van der Waals surface area contributed by atoms with Crippen molar-refractivity contribution in [3.05, 3.63) is 54.6 Å². The zero-order valence-corrected chi connectivity index (χ0v) is 12.1. The monoisotopic (exact) mass is 336 g/mol. The van der Waals surface area contributed by atoms with E-state index in [1.165, 1.54) is 24.4 Å². The third-order valence-electron chi connectivity index (χ3n) is 2.27. The number of nitro groups is 1. The van der Waals surface area contributed by atoms with E-state index in [4.69, 9.17) is 46.4 Å². The van der Waals surface area contributed by atoms with Crippen LogP contribution in [0.2, 0.25) is 20.1 Å². The van der Waals surface area contributed by atoms with Crippen LogP contribution in [0.4, 0.5) is 5.69 Å². The maximum absolute atomic E-state index is 11.0. The highest BCUT2D eigenvalue weighted by molar-refractivity contribution is 6.42. The van der Waals surface area contributed by atoms with E-state index >= 15 is 0 Å². The van der Waals surface area contributed by atoms with Gasteiger partial charge in [-0.15, -0.1) is 0 Å². The Morgan fingerprint density at radius 1 is 1.00 bits per heavy atom. The first-order valence-electron chi connectivity index (χ1n) is 4.85. The standard InChI is InChI=1S/C11H4Cl4N2O2/c12-5-1-7(14)10(8(15)2-5)11-9(17(18)19)3-6(13)4-16-11/h1-4H. The van der Waals surface area contributed by atoms with E-state index in [0.717, 1.165) is 0 Å². The van der Waals surface area contributed by atoms with Gasteiger partial charge in [-0.05, 0) is 12.1 Å². The summed E-state index contributed by atoms with van der Waals surface area (Å²) < 4.78 is 0. The molecule has 2 rings (SSSR count). The molecular weight excluding hydrogens is 334 g/mol. The van der Waals surface area contributed by atoms with Crippen molar-refractivity contribution in [1.29, 1.82) is 0 Å². The number of hydrogen-bond acceptors (Lipinski definition) is 3. The van der Waals surface area contributed by atoms with Crippen molar-refractivity contribution in [2.24, 2.45) is 0 Å². The second kappa shape index (κ2) is 5.51. The highest BCUT2D eigenvalue weighted by Crippen LogP contribution is 2.40. The van der Waals surface area contributed by atoms with E-state index in [9.17, 15) is 10.1 Å². The second-order valence-corrected chi connectivity index (χ2v) is 5.21. The molecule has 0 aliphatic heterocycles. The number of nitrogens with zero attached hydrogens (tertiary/aromatic N) is 2. The Bertz CT molecular complexity index is 653. The second-order valence-electron chi connectivity index (χ2n) is 3.52. The molecule has 0 saturated carbocycles. The molecule has 0 unspecified atom stereocenters. The van der Waals surface area contributed by atoms with Gasteiger partial charge in [0, 0.05) is 22.8 Å². The summed E-state index contributed by atoms with van der Waals surface area (Å²) in [5, 5.41) is 11.9. The molecule has 0 aliphatic carbocycles. The largest absolute Gasteiger partial charge is 0.297 e. The summed E-state index contributed by atoms with van der Waals surface area (Å²) in [6, 6.07) is 4.06. The quantitative estimate of drug-likeness (QED) is 0.554. The normalized spacial score (nSPS) is 10.5. The molecule has 4 nitrogen and oxygen atoms in total. The van der Waals surface area contributed by atoms with Gasteiger partial charge < -0.3 is 0 Å². The third-order valence-corrected chi connectivity index (χ3v) is 3.30. The van der Waals surface area contributed by atoms with Gasteiger partial charge in [-0.2, -0.15) is 0 Å². The summed E-state index contributed by atoms with van der Waals surface area (Å²) in [4.78, 5) is 14.4.